The van der Waals surface area contributed by atoms with Crippen LogP contribution in [0.3, 0.4) is 0 Å². The number of halogens is 1. The minimum atomic E-state index is 0. The molecule has 1 aromatic carbocycles. The first-order chi connectivity index (χ1) is 12.3. The topological polar surface area (TPSA) is 77.0 Å². The van der Waals surface area contributed by atoms with Crippen LogP contribution in [0.5, 0.6) is 17.4 Å². The highest BCUT2D eigenvalue weighted by Crippen LogP contribution is 2.32. The summed E-state index contributed by atoms with van der Waals surface area (Å²) in [6.07, 6.45) is 1.73. The van der Waals surface area contributed by atoms with Crippen LogP contribution in [-0.4, -0.2) is 31.4 Å². The predicted octanol–water partition coefficient (Wildman–Crippen LogP) is 2.69. The zero-order chi connectivity index (χ0) is 17.5. The van der Waals surface area contributed by atoms with Crippen LogP contribution in [0.2, 0.25) is 0 Å². The standard InChI is InChI=1S/C18H22N4O3.HI/c1-3-19-18(22-11-14-6-7-20-17(9-14)23-2)21-10-13-4-5-15-16(8-13)25-12-24-15;/h4-9H,3,10-12H2,1-2H3,(H2,19,21,22);1H. The van der Waals surface area contributed by atoms with Crippen molar-refractivity contribution in [2.24, 2.45) is 4.99 Å². The summed E-state index contributed by atoms with van der Waals surface area (Å²) in [6, 6.07) is 9.71. The monoisotopic (exact) mass is 470 g/mol. The van der Waals surface area contributed by atoms with Crippen molar-refractivity contribution in [3.05, 3.63) is 47.7 Å². The molecule has 0 spiro atoms. The Bertz CT molecular complexity index is 755. The van der Waals surface area contributed by atoms with Crippen molar-refractivity contribution in [1.82, 2.24) is 15.6 Å². The maximum atomic E-state index is 5.40. The van der Waals surface area contributed by atoms with E-state index in [1.54, 1.807) is 13.3 Å². The number of methoxy groups -OCH3 is 1. The third-order valence-electron chi connectivity index (χ3n) is 3.67. The number of fused-ring (bicyclic) bond motifs is 1. The van der Waals surface area contributed by atoms with Gasteiger partial charge in [0.1, 0.15) is 0 Å². The number of aliphatic imine (C=N–C) groups is 1. The number of rotatable bonds is 6. The summed E-state index contributed by atoms with van der Waals surface area (Å²) in [4.78, 5) is 8.73. The highest BCUT2D eigenvalue weighted by Gasteiger charge is 2.12. The van der Waals surface area contributed by atoms with Crippen molar-refractivity contribution < 1.29 is 14.2 Å². The van der Waals surface area contributed by atoms with Gasteiger partial charge in [0.15, 0.2) is 17.5 Å². The van der Waals surface area contributed by atoms with Gasteiger partial charge >= 0.3 is 0 Å². The average molecular weight is 470 g/mol. The number of benzene rings is 1. The molecule has 1 aliphatic rings. The lowest BCUT2D eigenvalue weighted by atomic mass is 10.2. The van der Waals surface area contributed by atoms with Crippen LogP contribution < -0.4 is 24.8 Å². The molecule has 1 aliphatic heterocycles. The Labute approximate surface area is 170 Å². The maximum Gasteiger partial charge on any atom is 0.231 e. The molecular formula is C18H23IN4O3. The maximum absolute atomic E-state index is 5.40. The van der Waals surface area contributed by atoms with Gasteiger partial charge in [-0.25, -0.2) is 9.98 Å². The van der Waals surface area contributed by atoms with Crippen LogP contribution in [0, 0.1) is 0 Å². The number of ether oxygens (including phenoxy) is 3. The molecule has 0 fully saturated rings. The Balaban J connectivity index is 0.00000243. The van der Waals surface area contributed by atoms with Crippen molar-refractivity contribution in [2.45, 2.75) is 20.0 Å². The fraction of sp³-hybridized carbons (Fsp3) is 0.333. The molecule has 7 nitrogen and oxygen atoms in total. The normalized spacial score (nSPS) is 12.3. The number of guanidine groups is 1. The van der Waals surface area contributed by atoms with Crippen molar-refractivity contribution in [2.75, 3.05) is 20.4 Å². The van der Waals surface area contributed by atoms with Crippen LogP contribution >= 0.6 is 24.0 Å². The number of pyridine rings is 1. The lowest BCUT2D eigenvalue weighted by Gasteiger charge is -2.12. The molecule has 140 valence electrons. The molecule has 0 aliphatic carbocycles. The molecule has 0 atom stereocenters. The molecule has 0 amide bonds. The lowest BCUT2D eigenvalue weighted by Crippen LogP contribution is -2.36. The van der Waals surface area contributed by atoms with Gasteiger partial charge in [-0.2, -0.15) is 0 Å². The Morgan fingerprint density at radius 1 is 1.15 bits per heavy atom. The number of nitrogens with zero attached hydrogens (tertiary/aromatic N) is 2. The summed E-state index contributed by atoms with van der Waals surface area (Å²) < 4.78 is 15.9. The Morgan fingerprint density at radius 3 is 2.81 bits per heavy atom. The minimum Gasteiger partial charge on any atom is -0.481 e. The summed E-state index contributed by atoms with van der Waals surface area (Å²) in [6.45, 7) is 4.28. The van der Waals surface area contributed by atoms with E-state index in [4.69, 9.17) is 14.2 Å². The summed E-state index contributed by atoms with van der Waals surface area (Å²) >= 11 is 0. The molecule has 2 aromatic rings. The Kier molecular flexibility index (Phi) is 7.76. The second-order valence-corrected chi connectivity index (χ2v) is 5.44. The second kappa shape index (κ2) is 10.0. The van der Waals surface area contributed by atoms with Crippen LogP contribution in [0.25, 0.3) is 0 Å². The van der Waals surface area contributed by atoms with Crippen molar-refractivity contribution in [3.8, 4) is 17.4 Å². The summed E-state index contributed by atoms with van der Waals surface area (Å²) in [5.74, 6) is 2.90. The quantitative estimate of drug-likeness (QED) is 0.384. The van der Waals surface area contributed by atoms with Crippen LogP contribution in [0.4, 0.5) is 0 Å². The Morgan fingerprint density at radius 2 is 2.00 bits per heavy atom. The molecular weight excluding hydrogens is 447 g/mol. The molecule has 26 heavy (non-hydrogen) atoms. The van der Waals surface area contributed by atoms with E-state index in [2.05, 4.69) is 20.6 Å². The van der Waals surface area contributed by atoms with Crippen LogP contribution in [-0.2, 0) is 13.1 Å². The molecule has 2 N–H and O–H groups in total. The van der Waals surface area contributed by atoms with Gasteiger partial charge in [-0.05, 0) is 36.2 Å². The molecule has 8 heteroatoms. The van der Waals surface area contributed by atoms with Gasteiger partial charge in [-0.3, -0.25) is 0 Å². The first-order valence-corrected chi connectivity index (χ1v) is 8.18. The first kappa shape index (κ1) is 20.1. The molecule has 0 unspecified atom stereocenters. The summed E-state index contributed by atoms with van der Waals surface area (Å²) in [7, 11) is 1.61. The zero-order valence-electron chi connectivity index (χ0n) is 14.8. The van der Waals surface area contributed by atoms with Gasteiger partial charge in [0, 0.05) is 25.4 Å². The van der Waals surface area contributed by atoms with E-state index in [9.17, 15) is 0 Å². The van der Waals surface area contributed by atoms with E-state index in [-0.39, 0.29) is 30.8 Å². The van der Waals surface area contributed by atoms with Crippen molar-refractivity contribution >= 4 is 29.9 Å². The largest absolute Gasteiger partial charge is 0.481 e. The summed E-state index contributed by atoms with van der Waals surface area (Å²) in [5.41, 5.74) is 2.13. The number of hydrogen-bond acceptors (Lipinski definition) is 5. The molecule has 0 bridgehead atoms. The van der Waals surface area contributed by atoms with Crippen molar-refractivity contribution in [1.29, 1.82) is 0 Å². The fourth-order valence-electron chi connectivity index (χ4n) is 2.41. The van der Waals surface area contributed by atoms with E-state index in [0.717, 1.165) is 35.1 Å². The lowest BCUT2D eigenvalue weighted by molar-refractivity contribution is 0.174. The van der Waals surface area contributed by atoms with Gasteiger partial charge in [0.2, 0.25) is 12.7 Å². The number of hydrogen-bond donors (Lipinski definition) is 2. The molecule has 3 rings (SSSR count). The van der Waals surface area contributed by atoms with E-state index < -0.39 is 0 Å². The van der Waals surface area contributed by atoms with Crippen molar-refractivity contribution in [3.63, 3.8) is 0 Å². The molecule has 0 saturated carbocycles. The van der Waals surface area contributed by atoms with E-state index in [0.29, 0.717) is 19.0 Å². The average Bonchev–Trinajstić information content (AvgIpc) is 3.12. The second-order valence-electron chi connectivity index (χ2n) is 5.44. The van der Waals surface area contributed by atoms with Gasteiger partial charge < -0.3 is 24.8 Å². The van der Waals surface area contributed by atoms with E-state index in [1.165, 1.54) is 0 Å². The van der Waals surface area contributed by atoms with Gasteiger partial charge in [0.05, 0.1) is 13.7 Å². The molecule has 0 saturated heterocycles. The van der Waals surface area contributed by atoms with Gasteiger partial charge in [-0.1, -0.05) is 6.07 Å². The van der Waals surface area contributed by atoms with Crippen LogP contribution in [0.1, 0.15) is 18.1 Å². The summed E-state index contributed by atoms with van der Waals surface area (Å²) in [5, 5.41) is 6.55. The third-order valence-corrected chi connectivity index (χ3v) is 3.67. The smallest absolute Gasteiger partial charge is 0.231 e. The third kappa shape index (κ3) is 5.38. The number of nitrogens with one attached hydrogen (secondary N) is 2. The molecule has 2 heterocycles. The fourth-order valence-corrected chi connectivity index (χ4v) is 2.41. The SMILES string of the molecule is CCNC(=NCc1ccc2c(c1)OCO2)NCc1ccnc(OC)c1.I. The highest BCUT2D eigenvalue weighted by molar-refractivity contribution is 14.0. The molecule has 1 aromatic heterocycles. The highest BCUT2D eigenvalue weighted by atomic mass is 127. The van der Waals surface area contributed by atoms with E-state index >= 15 is 0 Å². The Hall–Kier alpha value is -2.23. The van der Waals surface area contributed by atoms with Gasteiger partial charge in [-0.15, -0.1) is 24.0 Å². The first-order valence-electron chi connectivity index (χ1n) is 8.18. The van der Waals surface area contributed by atoms with Crippen LogP contribution in [0.15, 0.2) is 41.5 Å². The predicted molar refractivity (Wildman–Crippen MR) is 110 cm³/mol. The minimum absolute atomic E-state index is 0. The number of aromatic nitrogens is 1. The van der Waals surface area contributed by atoms with Gasteiger partial charge in [0.25, 0.3) is 0 Å². The molecule has 0 radical (unpaired) electrons. The van der Waals surface area contributed by atoms with E-state index in [1.807, 2.05) is 37.3 Å². The zero-order valence-corrected chi connectivity index (χ0v) is 17.2.